The van der Waals surface area contributed by atoms with Gasteiger partial charge in [-0.2, -0.15) is 0 Å². The van der Waals surface area contributed by atoms with Gasteiger partial charge in [0.1, 0.15) is 5.82 Å². The number of fused-ring (bicyclic) bond motifs is 2. The second-order valence-electron chi connectivity index (χ2n) is 6.90. The molecule has 2 bridgehead atoms. The van der Waals surface area contributed by atoms with Crippen molar-refractivity contribution >= 4 is 5.91 Å². The van der Waals surface area contributed by atoms with E-state index in [1.165, 1.54) is 20.3 Å². The third-order valence-corrected chi connectivity index (χ3v) is 5.61. The summed E-state index contributed by atoms with van der Waals surface area (Å²) in [5.41, 5.74) is 6.59. The number of hydrogen-bond donors (Lipinski definition) is 2. The van der Waals surface area contributed by atoms with E-state index in [0.29, 0.717) is 28.9 Å². The summed E-state index contributed by atoms with van der Waals surface area (Å²) < 4.78 is 24.7. The average Bonchev–Trinajstić information content (AvgIpc) is 3.15. The lowest BCUT2D eigenvalue weighted by molar-refractivity contribution is -0.127. The fourth-order valence-electron chi connectivity index (χ4n) is 4.31. The smallest absolute Gasteiger partial charge is 0.225 e. The van der Waals surface area contributed by atoms with Crippen LogP contribution in [0.3, 0.4) is 0 Å². The molecule has 132 valence electrons. The van der Waals surface area contributed by atoms with Crippen LogP contribution >= 0.6 is 0 Å². The molecule has 2 saturated carbocycles. The molecule has 24 heavy (non-hydrogen) atoms. The second-order valence-corrected chi connectivity index (χ2v) is 6.90. The Labute approximate surface area is 141 Å². The van der Waals surface area contributed by atoms with E-state index in [1.807, 2.05) is 0 Å². The van der Waals surface area contributed by atoms with E-state index < -0.39 is 11.9 Å². The normalized spacial score (nSPS) is 29.4. The SMILES string of the molecule is COc1cc(F)c(C(C)NC(=O)C2C3CCC(C3)C2N)cc1OC. The first-order chi connectivity index (χ1) is 11.5. The third-order valence-electron chi connectivity index (χ3n) is 5.61. The van der Waals surface area contributed by atoms with E-state index in [1.54, 1.807) is 13.0 Å². The Balaban J connectivity index is 1.75. The lowest BCUT2D eigenvalue weighted by Crippen LogP contribution is -2.45. The van der Waals surface area contributed by atoms with E-state index in [9.17, 15) is 9.18 Å². The highest BCUT2D eigenvalue weighted by Crippen LogP contribution is 2.47. The second kappa shape index (κ2) is 6.59. The van der Waals surface area contributed by atoms with Crippen LogP contribution in [-0.4, -0.2) is 26.2 Å². The first-order valence-electron chi connectivity index (χ1n) is 8.43. The molecule has 6 heteroatoms. The van der Waals surface area contributed by atoms with Crippen LogP contribution in [0.5, 0.6) is 11.5 Å². The zero-order valence-electron chi connectivity index (χ0n) is 14.3. The van der Waals surface area contributed by atoms with Crippen molar-refractivity contribution in [1.82, 2.24) is 5.32 Å². The van der Waals surface area contributed by atoms with Crippen LogP contribution in [0.15, 0.2) is 12.1 Å². The maximum Gasteiger partial charge on any atom is 0.225 e. The lowest BCUT2D eigenvalue weighted by atomic mass is 9.84. The molecule has 0 radical (unpaired) electrons. The highest BCUT2D eigenvalue weighted by atomic mass is 19.1. The minimum Gasteiger partial charge on any atom is -0.493 e. The molecule has 2 aliphatic carbocycles. The number of carbonyl (C=O) groups excluding carboxylic acids is 1. The highest BCUT2D eigenvalue weighted by molar-refractivity contribution is 5.81. The fourth-order valence-corrected chi connectivity index (χ4v) is 4.31. The molecule has 5 atom stereocenters. The van der Waals surface area contributed by atoms with E-state index in [2.05, 4.69) is 5.32 Å². The zero-order chi connectivity index (χ0) is 17.4. The van der Waals surface area contributed by atoms with Gasteiger partial charge in [-0.1, -0.05) is 0 Å². The van der Waals surface area contributed by atoms with Crippen molar-refractivity contribution in [3.63, 3.8) is 0 Å². The summed E-state index contributed by atoms with van der Waals surface area (Å²) in [4.78, 5) is 12.6. The summed E-state index contributed by atoms with van der Waals surface area (Å²) in [6.07, 6.45) is 3.23. The molecule has 5 nitrogen and oxygen atoms in total. The monoisotopic (exact) mass is 336 g/mol. The van der Waals surface area contributed by atoms with E-state index in [0.717, 1.165) is 19.3 Å². The van der Waals surface area contributed by atoms with Crippen LogP contribution < -0.4 is 20.5 Å². The first kappa shape index (κ1) is 17.0. The Bertz CT molecular complexity index is 635. The summed E-state index contributed by atoms with van der Waals surface area (Å²) in [5, 5.41) is 2.93. The predicted octanol–water partition coefficient (Wildman–Crippen LogP) is 2.39. The average molecular weight is 336 g/mol. The molecular formula is C18H25FN2O3. The van der Waals surface area contributed by atoms with Gasteiger partial charge in [0.25, 0.3) is 0 Å². The Kier molecular flexibility index (Phi) is 4.67. The molecule has 1 aromatic carbocycles. The Hall–Kier alpha value is -1.82. The number of nitrogens with one attached hydrogen (secondary N) is 1. The largest absolute Gasteiger partial charge is 0.493 e. The van der Waals surface area contributed by atoms with Crippen molar-refractivity contribution in [2.75, 3.05) is 14.2 Å². The Morgan fingerprint density at radius 1 is 1.25 bits per heavy atom. The van der Waals surface area contributed by atoms with Gasteiger partial charge in [-0.15, -0.1) is 0 Å². The molecule has 0 aromatic heterocycles. The summed E-state index contributed by atoms with van der Waals surface area (Å²) in [5.74, 6) is 0.925. The molecule has 0 aliphatic heterocycles. The topological polar surface area (TPSA) is 73.6 Å². The molecule has 3 N–H and O–H groups in total. The standard InChI is InChI=1S/C18H25FN2O3/c1-9(12-7-14(23-2)15(24-3)8-13(12)19)21-18(22)16-10-4-5-11(6-10)17(16)20/h7-11,16-17H,4-6,20H2,1-3H3,(H,21,22). The van der Waals surface area contributed by atoms with Crippen LogP contribution in [0.2, 0.25) is 0 Å². The van der Waals surface area contributed by atoms with Crippen molar-refractivity contribution < 1.29 is 18.7 Å². The van der Waals surface area contributed by atoms with Gasteiger partial charge in [-0.3, -0.25) is 4.79 Å². The van der Waals surface area contributed by atoms with E-state index >= 15 is 0 Å². The van der Waals surface area contributed by atoms with E-state index in [4.69, 9.17) is 15.2 Å². The van der Waals surface area contributed by atoms with Crippen LogP contribution in [0.1, 0.15) is 37.8 Å². The van der Waals surface area contributed by atoms with Gasteiger partial charge in [0.2, 0.25) is 5.91 Å². The number of nitrogens with two attached hydrogens (primary N) is 1. The van der Waals surface area contributed by atoms with Crippen LogP contribution in [0, 0.1) is 23.6 Å². The molecule has 0 heterocycles. The van der Waals surface area contributed by atoms with Crippen molar-refractivity contribution in [3.8, 4) is 11.5 Å². The molecule has 3 rings (SSSR count). The number of methoxy groups -OCH3 is 2. The summed E-state index contributed by atoms with van der Waals surface area (Å²) in [7, 11) is 2.95. The van der Waals surface area contributed by atoms with E-state index in [-0.39, 0.29) is 17.9 Å². The molecular weight excluding hydrogens is 311 g/mol. The van der Waals surface area contributed by atoms with Crippen molar-refractivity contribution in [1.29, 1.82) is 0 Å². The number of benzene rings is 1. The third kappa shape index (κ3) is 2.83. The van der Waals surface area contributed by atoms with Gasteiger partial charge in [0.05, 0.1) is 26.2 Å². The minimum absolute atomic E-state index is 0.0728. The van der Waals surface area contributed by atoms with Crippen molar-refractivity contribution in [2.24, 2.45) is 23.5 Å². The lowest BCUT2D eigenvalue weighted by Gasteiger charge is -2.28. The maximum absolute atomic E-state index is 14.3. The predicted molar refractivity (Wildman–Crippen MR) is 88.4 cm³/mol. The van der Waals surface area contributed by atoms with Gasteiger partial charge in [0, 0.05) is 17.7 Å². The number of carbonyl (C=O) groups is 1. The molecule has 1 aromatic rings. The number of rotatable bonds is 5. The van der Waals surface area contributed by atoms with Crippen LogP contribution in [-0.2, 0) is 4.79 Å². The van der Waals surface area contributed by atoms with Crippen LogP contribution in [0.25, 0.3) is 0 Å². The molecule has 5 unspecified atom stereocenters. The van der Waals surface area contributed by atoms with Gasteiger partial charge in [0.15, 0.2) is 11.5 Å². The number of amides is 1. The summed E-state index contributed by atoms with van der Waals surface area (Å²) in [6, 6.07) is 2.30. The van der Waals surface area contributed by atoms with Gasteiger partial charge in [-0.05, 0) is 44.1 Å². The molecule has 2 aliphatic rings. The molecule has 2 fully saturated rings. The molecule has 1 amide bonds. The van der Waals surface area contributed by atoms with Crippen molar-refractivity contribution in [3.05, 3.63) is 23.5 Å². The van der Waals surface area contributed by atoms with Gasteiger partial charge in [-0.25, -0.2) is 4.39 Å². The number of halogens is 1. The zero-order valence-corrected chi connectivity index (χ0v) is 14.3. The Morgan fingerprint density at radius 3 is 2.46 bits per heavy atom. The quantitative estimate of drug-likeness (QED) is 0.866. The fraction of sp³-hybridized carbons (Fsp3) is 0.611. The van der Waals surface area contributed by atoms with Gasteiger partial charge >= 0.3 is 0 Å². The first-order valence-corrected chi connectivity index (χ1v) is 8.43. The number of hydrogen-bond acceptors (Lipinski definition) is 4. The van der Waals surface area contributed by atoms with Crippen LogP contribution in [0.4, 0.5) is 4.39 Å². The summed E-state index contributed by atoms with van der Waals surface area (Å²) in [6.45, 7) is 1.76. The molecule has 0 saturated heterocycles. The van der Waals surface area contributed by atoms with Crippen molar-refractivity contribution in [2.45, 2.75) is 38.3 Å². The van der Waals surface area contributed by atoms with Gasteiger partial charge < -0.3 is 20.5 Å². The minimum atomic E-state index is -0.469. The number of ether oxygens (including phenoxy) is 2. The Morgan fingerprint density at radius 2 is 1.88 bits per heavy atom. The maximum atomic E-state index is 14.3. The molecule has 0 spiro atoms. The summed E-state index contributed by atoms with van der Waals surface area (Å²) >= 11 is 0. The highest BCUT2D eigenvalue weighted by Gasteiger charge is 2.49.